The minimum Gasteiger partial charge on any atom is -0.339 e. The predicted molar refractivity (Wildman–Crippen MR) is 147 cm³/mol. The number of carbonyl (C=O) groups is 2. The SMILES string of the molecule is Cc1ccc(C(=O)N2CCC(c3ccc(-c4cnn(C)c4)cc3)CC2)cc1CC(=O)c1ccc(C#N)cc1F. The second kappa shape index (κ2) is 11.0. The number of aryl methyl sites for hydroxylation is 2. The van der Waals surface area contributed by atoms with Crippen LogP contribution in [0.1, 0.15) is 61.7 Å². The van der Waals surface area contributed by atoms with E-state index in [2.05, 4.69) is 29.4 Å². The van der Waals surface area contributed by atoms with E-state index in [-0.39, 0.29) is 29.2 Å². The summed E-state index contributed by atoms with van der Waals surface area (Å²) < 4.78 is 16.1. The molecule has 1 fully saturated rings. The maximum absolute atomic E-state index is 14.4. The molecule has 0 atom stereocenters. The number of piperidine rings is 1. The molecule has 39 heavy (non-hydrogen) atoms. The molecule has 6 nitrogen and oxygen atoms in total. The summed E-state index contributed by atoms with van der Waals surface area (Å²) in [5, 5.41) is 13.2. The van der Waals surface area contributed by atoms with Gasteiger partial charge in [0, 0.05) is 43.9 Å². The first-order valence-electron chi connectivity index (χ1n) is 13.0. The lowest BCUT2D eigenvalue weighted by Crippen LogP contribution is -2.38. The fourth-order valence-corrected chi connectivity index (χ4v) is 5.19. The summed E-state index contributed by atoms with van der Waals surface area (Å²) in [4.78, 5) is 28.0. The summed E-state index contributed by atoms with van der Waals surface area (Å²) in [6.07, 6.45) is 5.60. The Kier molecular flexibility index (Phi) is 7.38. The predicted octanol–water partition coefficient (Wildman–Crippen LogP) is 5.85. The molecule has 2 heterocycles. The number of nitriles is 1. The van der Waals surface area contributed by atoms with Gasteiger partial charge in [-0.25, -0.2) is 4.39 Å². The Morgan fingerprint density at radius 2 is 1.77 bits per heavy atom. The van der Waals surface area contributed by atoms with Crippen molar-refractivity contribution in [3.63, 3.8) is 0 Å². The number of amides is 1. The van der Waals surface area contributed by atoms with E-state index in [1.54, 1.807) is 16.8 Å². The molecule has 0 aliphatic carbocycles. The summed E-state index contributed by atoms with van der Waals surface area (Å²) >= 11 is 0. The van der Waals surface area contributed by atoms with Crippen LogP contribution >= 0.6 is 0 Å². The normalized spacial score (nSPS) is 13.7. The van der Waals surface area contributed by atoms with Crippen molar-refractivity contribution in [2.45, 2.75) is 32.1 Å². The van der Waals surface area contributed by atoms with Crippen LogP contribution in [0.15, 0.2) is 73.1 Å². The van der Waals surface area contributed by atoms with Gasteiger partial charge in [0.2, 0.25) is 0 Å². The average molecular weight is 521 g/mol. The highest BCUT2D eigenvalue weighted by atomic mass is 19.1. The van der Waals surface area contributed by atoms with Crippen LogP contribution in [0.25, 0.3) is 11.1 Å². The fraction of sp³-hybridized carbons (Fsp3) is 0.250. The van der Waals surface area contributed by atoms with Gasteiger partial charge in [0.05, 0.1) is 23.4 Å². The summed E-state index contributed by atoms with van der Waals surface area (Å²) in [6.45, 7) is 3.19. The van der Waals surface area contributed by atoms with Crippen molar-refractivity contribution in [1.82, 2.24) is 14.7 Å². The topological polar surface area (TPSA) is 79.0 Å². The second-order valence-corrected chi connectivity index (χ2v) is 10.1. The first kappa shape index (κ1) is 26.1. The number of ketones is 1. The number of likely N-dealkylation sites (tertiary alicyclic amines) is 1. The number of benzene rings is 3. The Labute approximate surface area is 227 Å². The Hall–Kier alpha value is -4.57. The van der Waals surface area contributed by atoms with E-state index >= 15 is 0 Å². The van der Waals surface area contributed by atoms with Crippen LogP contribution in [-0.4, -0.2) is 39.5 Å². The molecule has 5 rings (SSSR count). The molecule has 1 aliphatic rings. The van der Waals surface area contributed by atoms with Crippen molar-refractivity contribution in [1.29, 1.82) is 5.26 Å². The van der Waals surface area contributed by atoms with Gasteiger partial charge in [-0.2, -0.15) is 10.4 Å². The standard InChI is InChI=1S/C32H29FN4O2/c1-21-3-5-26(16-27(21)17-31(38)29-10-4-22(18-34)15-30(29)33)32(39)37-13-11-25(12-14-37)23-6-8-24(9-7-23)28-19-35-36(2)20-28/h3-10,15-16,19-20,25H,11-14,17H2,1-2H3. The summed E-state index contributed by atoms with van der Waals surface area (Å²) in [7, 11) is 1.91. The largest absolute Gasteiger partial charge is 0.339 e. The fourth-order valence-electron chi connectivity index (χ4n) is 5.19. The summed E-state index contributed by atoms with van der Waals surface area (Å²) in [6, 6.07) is 19.7. The lowest BCUT2D eigenvalue weighted by Gasteiger charge is -2.32. The summed E-state index contributed by atoms with van der Waals surface area (Å²) in [5.74, 6) is -0.761. The number of rotatable bonds is 6. The van der Waals surface area contributed by atoms with Gasteiger partial charge in [-0.15, -0.1) is 0 Å². The molecule has 1 saturated heterocycles. The van der Waals surface area contributed by atoms with Crippen LogP contribution < -0.4 is 0 Å². The third kappa shape index (κ3) is 5.65. The van der Waals surface area contributed by atoms with Gasteiger partial charge in [-0.3, -0.25) is 14.3 Å². The van der Waals surface area contributed by atoms with Gasteiger partial charge < -0.3 is 4.90 Å². The minimum atomic E-state index is -0.710. The minimum absolute atomic E-state index is 0.0209. The maximum Gasteiger partial charge on any atom is 0.253 e. The lowest BCUT2D eigenvalue weighted by molar-refractivity contribution is 0.0712. The first-order valence-corrected chi connectivity index (χ1v) is 13.0. The van der Waals surface area contributed by atoms with Crippen LogP contribution in [-0.2, 0) is 13.5 Å². The number of carbonyl (C=O) groups excluding carboxylic acids is 2. The molecule has 0 saturated carbocycles. The zero-order valence-corrected chi connectivity index (χ0v) is 22.0. The first-order chi connectivity index (χ1) is 18.8. The number of aromatic nitrogens is 2. The van der Waals surface area contributed by atoms with E-state index in [1.807, 2.05) is 43.4 Å². The van der Waals surface area contributed by atoms with E-state index in [9.17, 15) is 14.0 Å². The molecule has 0 N–H and O–H groups in total. The van der Waals surface area contributed by atoms with Crippen LogP contribution in [0.4, 0.5) is 4.39 Å². The molecule has 0 spiro atoms. The van der Waals surface area contributed by atoms with Crippen molar-refractivity contribution in [2.24, 2.45) is 7.05 Å². The molecular weight excluding hydrogens is 491 g/mol. The highest BCUT2D eigenvalue weighted by molar-refractivity contribution is 5.99. The van der Waals surface area contributed by atoms with Gasteiger partial charge in [0.25, 0.3) is 5.91 Å². The molecule has 1 aromatic heterocycles. The zero-order chi connectivity index (χ0) is 27.5. The molecule has 0 unspecified atom stereocenters. The van der Waals surface area contributed by atoms with Crippen molar-refractivity contribution in [2.75, 3.05) is 13.1 Å². The number of nitrogens with zero attached hydrogens (tertiary/aromatic N) is 4. The van der Waals surface area contributed by atoms with Crippen LogP contribution in [0, 0.1) is 24.1 Å². The van der Waals surface area contributed by atoms with E-state index in [1.165, 1.54) is 17.7 Å². The van der Waals surface area contributed by atoms with Crippen LogP contribution in [0.2, 0.25) is 0 Å². The van der Waals surface area contributed by atoms with Gasteiger partial charge in [0.1, 0.15) is 5.82 Å². The monoisotopic (exact) mass is 520 g/mol. The molecular formula is C32H29FN4O2. The number of halogens is 1. The number of hydrogen-bond acceptors (Lipinski definition) is 4. The van der Waals surface area contributed by atoms with Crippen molar-refractivity contribution in [3.05, 3.63) is 112 Å². The highest BCUT2D eigenvalue weighted by Gasteiger charge is 2.25. The molecule has 7 heteroatoms. The molecule has 1 aliphatic heterocycles. The third-order valence-corrected chi connectivity index (χ3v) is 7.55. The zero-order valence-electron chi connectivity index (χ0n) is 22.0. The Bertz CT molecular complexity index is 1570. The second-order valence-electron chi connectivity index (χ2n) is 10.1. The number of hydrogen-bond donors (Lipinski definition) is 0. The lowest BCUT2D eigenvalue weighted by atomic mass is 9.88. The molecule has 3 aromatic carbocycles. The maximum atomic E-state index is 14.4. The Morgan fingerprint density at radius 3 is 2.41 bits per heavy atom. The van der Waals surface area contributed by atoms with E-state index in [0.717, 1.165) is 35.6 Å². The van der Waals surface area contributed by atoms with Crippen LogP contribution in [0.3, 0.4) is 0 Å². The van der Waals surface area contributed by atoms with Crippen LogP contribution in [0.5, 0.6) is 0 Å². The van der Waals surface area contributed by atoms with Gasteiger partial charge >= 0.3 is 0 Å². The average Bonchev–Trinajstić information content (AvgIpc) is 3.40. The van der Waals surface area contributed by atoms with Crippen molar-refractivity contribution < 1.29 is 14.0 Å². The molecule has 1 amide bonds. The van der Waals surface area contributed by atoms with Gasteiger partial charge in [0.15, 0.2) is 5.78 Å². The third-order valence-electron chi connectivity index (χ3n) is 7.55. The Balaban J connectivity index is 1.23. The Morgan fingerprint density at radius 1 is 1.03 bits per heavy atom. The number of Topliss-reactive ketones (excluding diaryl/α,β-unsaturated/α-hetero) is 1. The van der Waals surface area contributed by atoms with E-state index in [0.29, 0.717) is 30.1 Å². The molecule has 4 aromatic rings. The van der Waals surface area contributed by atoms with Crippen molar-refractivity contribution in [3.8, 4) is 17.2 Å². The van der Waals surface area contributed by atoms with E-state index in [4.69, 9.17) is 5.26 Å². The quantitative estimate of drug-likeness (QED) is 0.299. The van der Waals surface area contributed by atoms with Gasteiger partial charge in [-0.05, 0) is 78.3 Å². The van der Waals surface area contributed by atoms with Crippen molar-refractivity contribution >= 4 is 11.7 Å². The summed E-state index contributed by atoms with van der Waals surface area (Å²) in [5.41, 5.74) is 5.70. The van der Waals surface area contributed by atoms with E-state index < -0.39 is 5.82 Å². The molecule has 0 radical (unpaired) electrons. The highest BCUT2D eigenvalue weighted by Crippen LogP contribution is 2.30. The molecule has 196 valence electrons. The molecule has 0 bridgehead atoms. The smallest absolute Gasteiger partial charge is 0.253 e. The van der Waals surface area contributed by atoms with Gasteiger partial charge in [-0.1, -0.05) is 30.3 Å².